The van der Waals surface area contributed by atoms with E-state index in [1.807, 2.05) is 0 Å². The fourth-order valence-corrected chi connectivity index (χ4v) is 6.34. The lowest BCUT2D eigenvalue weighted by Gasteiger charge is -2.44. The summed E-state index contributed by atoms with van der Waals surface area (Å²) in [4.78, 5) is 17.2. The molecule has 0 bridgehead atoms. The van der Waals surface area contributed by atoms with Gasteiger partial charge in [0.2, 0.25) is 5.91 Å². The lowest BCUT2D eigenvalue weighted by atomic mass is 9.81. The number of nitrogens with zero attached hydrogens (tertiary/aromatic N) is 2. The molecule has 3 heterocycles. The number of amides is 1. The maximum atomic E-state index is 13.9. The molecule has 4 atom stereocenters. The Balaban J connectivity index is 1.36. The molecule has 44 heavy (non-hydrogen) atoms. The highest BCUT2D eigenvalue weighted by Gasteiger charge is 2.41. The number of benzene rings is 2. The molecule has 0 aliphatic carbocycles. The summed E-state index contributed by atoms with van der Waals surface area (Å²) < 4.78 is 112. The molecular weight excluding hydrogens is 597 g/mol. The molecule has 2 aromatic carbocycles. The summed E-state index contributed by atoms with van der Waals surface area (Å²) in [5, 5.41) is 0. The lowest BCUT2D eigenvalue weighted by Crippen LogP contribution is -2.56. The number of rotatable bonds is 7. The van der Waals surface area contributed by atoms with Crippen LogP contribution in [-0.4, -0.2) is 74.0 Å². The highest BCUT2D eigenvalue weighted by atomic mass is 19.4. The molecular formula is C31H35F7N2O4. The van der Waals surface area contributed by atoms with Crippen molar-refractivity contribution in [2.24, 2.45) is 5.92 Å². The van der Waals surface area contributed by atoms with Gasteiger partial charge >= 0.3 is 12.4 Å². The van der Waals surface area contributed by atoms with Gasteiger partial charge < -0.3 is 19.1 Å². The van der Waals surface area contributed by atoms with E-state index in [4.69, 9.17) is 14.2 Å². The molecule has 6 nitrogen and oxygen atoms in total. The first kappa shape index (κ1) is 32.6. The zero-order chi connectivity index (χ0) is 31.6. The largest absolute Gasteiger partial charge is 0.416 e. The van der Waals surface area contributed by atoms with E-state index in [1.54, 1.807) is 17.0 Å². The Morgan fingerprint density at radius 2 is 1.55 bits per heavy atom. The fourth-order valence-electron chi connectivity index (χ4n) is 6.34. The summed E-state index contributed by atoms with van der Waals surface area (Å²) in [6.07, 6.45) is -10.0. The van der Waals surface area contributed by atoms with Crippen molar-refractivity contribution in [3.05, 3.63) is 70.5 Å². The van der Waals surface area contributed by atoms with E-state index in [1.165, 1.54) is 19.1 Å². The molecule has 5 rings (SSSR count). The smallest absolute Gasteiger partial charge is 0.381 e. The third kappa shape index (κ3) is 7.72. The Morgan fingerprint density at radius 3 is 2.14 bits per heavy atom. The molecule has 0 aromatic heterocycles. The Labute approximate surface area is 251 Å². The van der Waals surface area contributed by atoms with Gasteiger partial charge in [0.05, 0.1) is 30.4 Å². The number of alkyl halides is 6. The zero-order valence-corrected chi connectivity index (χ0v) is 24.2. The quantitative estimate of drug-likeness (QED) is 0.331. The van der Waals surface area contributed by atoms with Gasteiger partial charge in [-0.3, -0.25) is 9.69 Å². The van der Waals surface area contributed by atoms with E-state index in [-0.39, 0.29) is 42.6 Å². The van der Waals surface area contributed by atoms with Crippen molar-refractivity contribution in [1.82, 2.24) is 9.80 Å². The van der Waals surface area contributed by atoms with E-state index in [2.05, 4.69) is 4.90 Å². The second kappa shape index (κ2) is 13.3. The predicted molar refractivity (Wildman–Crippen MR) is 145 cm³/mol. The molecule has 0 unspecified atom stereocenters. The molecule has 3 saturated heterocycles. The van der Waals surface area contributed by atoms with Crippen LogP contribution in [0.4, 0.5) is 30.7 Å². The summed E-state index contributed by atoms with van der Waals surface area (Å²) in [7, 11) is 0. The average Bonchev–Trinajstić information content (AvgIpc) is 2.98. The predicted octanol–water partition coefficient (Wildman–Crippen LogP) is 6.41. The first-order chi connectivity index (χ1) is 20.8. The van der Waals surface area contributed by atoms with Crippen LogP contribution in [0.15, 0.2) is 42.5 Å². The second-order valence-corrected chi connectivity index (χ2v) is 11.6. The number of halogens is 7. The van der Waals surface area contributed by atoms with Crippen LogP contribution < -0.4 is 0 Å². The number of hydrogen-bond acceptors (Lipinski definition) is 5. The minimum absolute atomic E-state index is 0.0263. The van der Waals surface area contributed by atoms with Gasteiger partial charge in [-0.1, -0.05) is 12.1 Å². The molecule has 3 fully saturated rings. The van der Waals surface area contributed by atoms with E-state index in [9.17, 15) is 35.5 Å². The maximum Gasteiger partial charge on any atom is 0.416 e. The fraction of sp³-hybridized carbons (Fsp3) is 0.581. The van der Waals surface area contributed by atoms with E-state index >= 15 is 0 Å². The van der Waals surface area contributed by atoms with Crippen LogP contribution >= 0.6 is 0 Å². The van der Waals surface area contributed by atoms with Crippen LogP contribution in [0.5, 0.6) is 0 Å². The second-order valence-electron chi connectivity index (χ2n) is 11.6. The number of piperazine rings is 1. The van der Waals surface area contributed by atoms with Crippen LogP contribution in [0.2, 0.25) is 0 Å². The Morgan fingerprint density at radius 1 is 0.909 bits per heavy atom. The van der Waals surface area contributed by atoms with Crippen molar-refractivity contribution < 1.29 is 49.7 Å². The van der Waals surface area contributed by atoms with Crippen molar-refractivity contribution in [2.75, 3.05) is 46.0 Å². The summed E-state index contributed by atoms with van der Waals surface area (Å²) in [6.45, 7) is 4.74. The van der Waals surface area contributed by atoms with Crippen LogP contribution in [0.3, 0.4) is 0 Å². The third-order valence-electron chi connectivity index (χ3n) is 8.75. The Kier molecular flexibility index (Phi) is 9.88. The van der Waals surface area contributed by atoms with Crippen molar-refractivity contribution >= 4 is 5.91 Å². The first-order valence-corrected chi connectivity index (χ1v) is 14.7. The van der Waals surface area contributed by atoms with Crippen molar-refractivity contribution in [3.8, 4) is 0 Å². The molecule has 3 aliphatic heterocycles. The first-order valence-electron chi connectivity index (χ1n) is 14.7. The van der Waals surface area contributed by atoms with Gasteiger partial charge in [0.25, 0.3) is 0 Å². The Hall–Kier alpha value is -2.74. The molecule has 0 radical (unpaired) electrons. The van der Waals surface area contributed by atoms with Gasteiger partial charge in [-0.15, -0.1) is 0 Å². The van der Waals surface area contributed by atoms with Crippen LogP contribution in [0.1, 0.15) is 60.5 Å². The molecule has 0 spiro atoms. The molecule has 13 heteroatoms. The molecule has 1 amide bonds. The van der Waals surface area contributed by atoms with Crippen LogP contribution in [0.25, 0.3) is 0 Å². The van der Waals surface area contributed by atoms with Gasteiger partial charge in [0, 0.05) is 44.8 Å². The topological polar surface area (TPSA) is 51.2 Å². The van der Waals surface area contributed by atoms with E-state index in [0.717, 1.165) is 12.8 Å². The monoisotopic (exact) mass is 632 g/mol. The number of carbonyl (C=O) groups excluding carboxylic acids is 1. The summed E-state index contributed by atoms with van der Waals surface area (Å²) in [5.74, 6) is -1.30. The van der Waals surface area contributed by atoms with Gasteiger partial charge in [-0.05, 0) is 73.6 Å². The summed E-state index contributed by atoms with van der Waals surface area (Å²) in [5.41, 5.74) is -2.56. The van der Waals surface area contributed by atoms with Crippen molar-refractivity contribution in [3.63, 3.8) is 0 Å². The Bertz CT molecular complexity index is 1250. The average molecular weight is 633 g/mol. The number of hydrogen-bond donors (Lipinski definition) is 0. The van der Waals surface area contributed by atoms with E-state index < -0.39 is 47.6 Å². The minimum atomic E-state index is -5.00. The molecule has 242 valence electrons. The van der Waals surface area contributed by atoms with Crippen LogP contribution in [-0.2, 0) is 31.4 Å². The molecule has 0 saturated carbocycles. The molecule has 2 aromatic rings. The molecule has 0 N–H and O–H groups in total. The lowest BCUT2D eigenvalue weighted by molar-refractivity contribution is -0.211. The standard InChI is InChI=1S/C31H35F7N2O4/c1-19(22-14-23(30(33,34)35)16-24(15-22)31(36,37)38)44-29-28(20-2-4-25(32)5-3-20)21(6-13-43-29)17-40-10-9-39(18-27(40)41)26-7-11-42-12-8-26/h2-5,14-16,19,21,26,28-29H,6-13,17-18H2,1H3/t19-,21+,28+,29-/m1/s1. The number of carbonyl (C=O) groups is 1. The minimum Gasteiger partial charge on any atom is -0.381 e. The number of ether oxygens (including phenoxy) is 3. The maximum absolute atomic E-state index is 13.9. The van der Waals surface area contributed by atoms with Gasteiger partial charge in [-0.25, -0.2) is 4.39 Å². The van der Waals surface area contributed by atoms with Crippen molar-refractivity contribution in [2.45, 2.75) is 62.9 Å². The van der Waals surface area contributed by atoms with E-state index in [0.29, 0.717) is 57.0 Å². The van der Waals surface area contributed by atoms with Crippen molar-refractivity contribution in [1.29, 1.82) is 0 Å². The summed E-state index contributed by atoms with van der Waals surface area (Å²) in [6, 6.07) is 7.29. The highest BCUT2D eigenvalue weighted by Crippen LogP contribution is 2.42. The zero-order valence-electron chi connectivity index (χ0n) is 24.2. The SMILES string of the molecule is C[C@@H](O[C@H]1OCC[C@@H](CN2CCN(C3CCOCC3)CC2=O)[C@@H]1c1ccc(F)cc1)c1cc(C(F)(F)F)cc(C(F)(F)F)c1. The molecule has 3 aliphatic rings. The van der Waals surface area contributed by atoms with Gasteiger partial charge in [0.1, 0.15) is 5.82 Å². The highest BCUT2D eigenvalue weighted by molar-refractivity contribution is 5.79. The third-order valence-corrected chi connectivity index (χ3v) is 8.75. The summed E-state index contributed by atoms with van der Waals surface area (Å²) >= 11 is 0. The van der Waals surface area contributed by atoms with Gasteiger partial charge in [-0.2, -0.15) is 26.3 Å². The normalized spacial score (nSPS) is 25.3. The van der Waals surface area contributed by atoms with Gasteiger partial charge in [0.15, 0.2) is 6.29 Å². The van der Waals surface area contributed by atoms with Crippen LogP contribution in [0, 0.1) is 11.7 Å².